The summed E-state index contributed by atoms with van der Waals surface area (Å²) in [5.74, 6) is -3.39. The van der Waals surface area contributed by atoms with Crippen LogP contribution in [0, 0.1) is 5.92 Å². The second kappa shape index (κ2) is 21.2. The third-order valence-corrected chi connectivity index (χ3v) is 10.2. The normalized spacial score (nSPS) is 16.6. The predicted octanol–water partition coefficient (Wildman–Crippen LogP) is 1.55. The molecule has 0 saturated carbocycles. The molecule has 5 atom stereocenters. The average molecular weight is 803 g/mol. The first-order valence-electron chi connectivity index (χ1n) is 20.2. The Bertz CT molecular complexity index is 1860. The van der Waals surface area contributed by atoms with Gasteiger partial charge in [0.25, 0.3) is 0 Å². The zero-order valence-corrected chi connectivity index (χ0v) is 34.1. The van der Waals surface area contributed by atoms with Gasteiger partial charge in [-0.25, -0.2) is 0 Å². The Kier molecular flexibility index (Phi) is 16.5. The van der Waals surface area contributed by atoms with Gasteiger partial charge in [-0.2, -0.15) is 0 Å². The molecule has 314 valence electrons. The molecule has 0 unspecified atom stereocenters. The number of likely N-dealkylation sites (tertiary alicyclic amines) is 1. The van der Waals surface area contributed by atoms with Crippen LogP contribution in [0.1, 0.15) is 111 Å². The molecule has 2 aliphatic rings. The number of anilines is 1. The molecule has 1 saturated heterocycles. The van der Waals surface area contributed by atoms with Crippen LogP contribution in [0.3, 0.4) is 0 Å². The van der Waals surface area contributed by atoms with Crippen LogP contribution < -0.4 is 37.6 Å². The van der Waals surface area contributed by atoms with Gasteiger partial charge in [-0.3, -0.25) is 38.4 Å². The van der Waals surface area contributed by atoms with Crippen molar-refractivity contribution in [3.05, 3.63) is 64.7 Å². The van der Waals surface area contributed by atoms with E-state index in [4.69, 9.17) is 5.73 Å². The molecule has 1 fully saturated rings. The summed E-state index contributed by atoms with van der Waals surface area (Å²) in [5, 5.41) is 16.6. The van der Waals surface area contributed by atoms with Crippen LogP contribution in [-0.4, -0.2) is 108 Å². The van der Waals surface area contributed by atoms with Crippen LogP contribution >= 0.6 is 0 Å². The van der Waals surface area contributed by atoms with E-state index < -0.39 is 66.3 Å². The summed E-state index contributed by atoms with van der Waals surface area (Å²) in [4.78, 5) is 106. The number of carbonyl (C=O) groups is 8. The number of amides is 6. The van der Waals surface area contributed by atoms with Gasteiger partial charge in [-0.15, -0.1) is 0 Å². The maximum Gasteiger partial charge on any atom is 0.245 e. The van der Waals surface area contributed by atoms with E-state index in [0.717, 1.165) is 6.42 Å². The van der Waals surface area contributed by atoms with E-state index in [2.05, 4.69) is 31.9 Å². The SMILES string of the molecule is CCCC[C@H](NC(=O)[C@H](C)NC(=O)[C@H](C)N)C(=O)NCC(=O)N[C@@H](CC(C)C)C(=O)N1CCC[C@H]1C(=O)NCCCNc1cccc2c1C(=O)c1ccccc1C2=O. The molecule has 16 heteroatoms. The monoisotopic (exact) mass is 802 g/mol. The molecule has 1 aliphatic carbocycles. The fraction of sp³-hybridized carbons (Fsp3) is 0.524. The first-order valence-corrected chi connectivity index (χ1v) is 20.2. The highest BCUT2D eigenvalue weighted by Gasteiger charge is 2.38. The molecule has 2 aromatic carbocycles. The van der Waals surface area contributed by atoms with Gasteiger partial charge in [0.2, 0.25) is 35.4 Å². The topological polar surface area (TPSA) is 238 Å². The van der Waals surface area contributed by atoms with Crippen molar-refractivity contribution >= 4 is 52.7 Å². The molecule has 6 amide bonds. The summed E-state index contributed by atoms with van der Waals surface area (Å²) in [7, 11) is 0. The van der Waals surface area contributed by atoms with Gasteiger partial charge in [0.05, 0.1) is 18.2 Å². The Morgan fingerprint density at radius 3 is 2.14 bits per heavy atom. The predicted molar refractivity (Wildman–Crippen MR) is 218 cm³/mol. The number of ketones is 2. The zero-order chi connectivity index (χ0) is 42.5. The standard InChI is InChI=1S/C42H58N8O8/c1-6-7-16-31(49-39(55)26(5)47-38(54)25(4)43)40(56)46-23-34(51)48-32(22-24(2)3)42(58)50-21-11-18-33(50)41(57)45-20-12-19-44-30-17-10-15-29-35(30)37(53)28-14-9-8-13-27(28)36(29)52/h8-10,13-15,17,24-26,31-33,44H,6-7,11-12,16,18-23,43H2,1-5H3,(H,45,57)(H,46,56)(H,47,54)(H,48,51)(H,49,55)/t25-,26-,31-,32-,33-/m0/s1. The largest absolute Gasteiger partial charge is 0.384 e. The van der Waals surface area contributed by atoms with Crippen molar-refractivity contribution in [2.24, 2.45) is 11.7 Å². The summed E-state index contributed by atoms with van der Waals surface area (Å²) >= 11 is 0. The van der Waals surface area contributed by atoms with Crippen LogP contribution in [0.2, 0.25) is 0 Å². The number of nitrogens with two attached hydrogens (primary N) is 1. The highest BCUT2D eigenvalue weighted by Crippen LogP contribution is 2.32. The second-order valence-electron chi connectivity index (χ2n) is 15.4. The van der Waals surface area contributed by atoms with Crippen LogP contribution in [0.25, 0.3) is 0 Å². The number of nitrogens with one attached hydrogen (secondary N) is 6. The van der Waals surface area contributed by atoms with Crippen molar-refractivity contribution in [1.29, 1.82) is 0 Å². The lowest BCUT2D eigenvalue weighted by Crippen LogP contribution is -2.56. The molecule has 58 heavy (non-hydrogen) atoms. The van der Waals surface area contributed by atoms with E-state index in [-0.39, 0.29) is 23.4 Å². The van der Waals surface area contributed by atoms with Crippen LogP contribution in [0.5, 0.6) is 0 Å². The Morgan fingerprint density at radius 1 is 0.776 bits per heavy atom. The second-order valence-corrected chi connectivity index (χ2v) is 15.4. The molecular formula is C42H58N8O8. The van der Waals surface area contributed by atoms with Gasteiger partial charge in [0.15, 0.2) is 11.6 Å². The minimum atomic E-state index is -0.959. The zero-order valence-electron chi connectivity index (χ0n) is 34.1. The van der Waals surface area contributed by atoms with Gasteiger partial charge in [-0.05, 0) is 57.9 Å². The molecule has 0 bridgehead atoms. The molecule has 16 nitrogen and oxygen atoms in total. The molecule has 0 spiro atoms. The molecule has 8 N–H and O–H groups in total. The molecular weight excluding hydrogens is 745 g/mol. The highest BCUT2D eigenvalue weighted by atomic mass is 16.2. The third kappa shape index (κ3) is 11.7. The summed E-state index contributed by atoms with van der Waals surface area (Å²) in [5.41, 5.74) is 7.54. The van der Waals surface area contributed by atoms with Crippen molar-refractivity contribution in [3.8, 4) is 0 Å². The van der Waals surface area contributed by atoms with E-state index in [0.29, 0.717) is 86.1 Å². The number of benzene rings is 2. The van der Waals surface area contributed by atoms with Crippen molar-refractivity contribution in [2.45, 2.75) is 110 Å². The molecule has 2 aromatic rings. The van der Waals surface area contributed by atoms with E-state index in [1.54, 1.807) is 42.5 Å². The van der Waals surface area contributed by atoms with Gasteiger partial charge >= 0.3 is 0 Å². The van der Waals surface area contributed by atoms with Gasteiger partial charge in [0.1, 0.15) is 24.2 Å². The fourth-order valence-electron chi connectivity index (χ4n) is 7.05. The van der Waals surface area contributed by atoms with Gasteiger partial charge in [-0.1, -0.05) is 70.0 Å². The van der Waals surface area contributed by atoms with E-state index >= 15 is 0 Å². The smallest absolute Gasteiger partial charge is 0.245 e. The summed E-state index contributed by atoms with van der Waals surface area (Å²) in [6.07, 6.45) is 3.55. The Morgan fingerprint density at radius 2 is 1.47 bits per heavy atom. The number of fused-ring (bicyclic) bond motifs is 2. The molecule has 0 radical (unpaired) electrons. The number of rotatable bonds is 20. The summed E-state index contributed by atoms with van der Waals surface area (Å²) in [6.45, 7) is 9.31. The minimum absolute atomic E-state index is 0.0166. The highest BCUT2D eigenvalue weighted by molar-refractivity contribution is 6.30. The Hall–Kier alpha value is -5.64. The summed E-state index contributed by atoms with van der Waals surface area (Å²) in [6, 6.07) is 7.49. The summed E-state index contributed by atoms with van der Waals surface area (Å²) < 4.78 is 0. The van der Waals surface area contributed by atoms with Crippen LogP contribution in [-0.2, 0) is 28.8 Å². The Labute approximate surface area is 339 Å². The number of unbranched alkanes of at least 4 members (excludes halogenated alkanes) is 1. The van der Waals surface area contributed by atoms with E-state index in [1.165, 1.54) is 18.7 Å². The van der Waals surface area contributed by atoms with Crippen LogP contribution in [0.4, 0.5) is 5.69 Å². The number of nitrogens with zero attached hydrogens (tertiary/aromatic N) is 1. The van der Waals surface area contributed by atoms with Crippen molar-refractivity contribution in [3.63, 3.8) is 0 Å². The maximum atomic E-state index is 13.9. The van der Waals surface area contributed by atoms with Crippen LogP contribution in [0.15, 0.2) is 42.5 Å². The molecule has 1 heterocycles. The van der Waals surface area contributed by atoms with Crippen molar-refractivity contribution in [1.82, 2.24) is 31.5 Å². The number of carbonyl (C=O) groups excluding carboxylic acids is 8. The minimum Gasteiger partial charge on any atom is -0.384 e. The quantitative estimate of drug-likeness (QED) is 0.0814. The fourth-order valence-corrected chi connectivity index (χ4v) is 7.05. The van der Waals surface area contributed by atoms with E-state index in [9.17, 15) is 38.4 Å². The lowest BCUT2D eigenvalue weighted by molar-refractivity contribution is -0.141. The van der Waals surface area contributed by atoms with Gasteiger partial charge < -0.3 is 42.5 Å². The third-order valence-electron chi connectivity index (χ3n) is 10.2. The maximum absolute atomic E-state index is 13.9. The molecule has 1 aliphatic heterocycles. The Balaban J connectivity index is 1.28. The first-order chi connectivity index (χ1) is 27.6. The average Bonchev–Trinajstić information content (AvgIpc) is 3.69. The lowest BCUT2D eigenvalue weighted by atomic mass is 9.83. The van der Waals surface area contributed by atoms with Gasteiger partial charge in [0, 0.05) is 42.0 Å². The van der Waals surface area contributed by atoms with E-state index in [1.807, 2.05) is 20.8 Å². The van der Waals surface area contributed by atoms with Crippen molar-refractivity contribution in [2.75, 3.05) is 31.5 Å². The lowest BCUT2D eigenvalue weighted by Gasteiger charge is -2.29. The molecule has 4 rings (SSSR count). The number of hydrogen-bond acceptors (Lipinski definition) is 10. The van der Waals surface area contributed by atoms with Crippen molar-refractivity contribution < 1.29 is 38.4 Å². The first kappa shape index (κ1) is 45.1. The number of hydrogen-bond donors (Lipinski definition) is 7. The molecule has 0 aromatic heterocycles.